The first-order valence-corrected chi connectivity index (χ1v) is 9.07. The number of aromatic nitrogens is 1. The maximum atomic E-state index is 11.7. The maximum Gasteiger partial charge on any atom is 0.222 e. The van der Waals surface area contributed by atoms with E-state index in [0.717, 1.165) is 51.4 Å². The van der Waals surface area contributed by atoms with Crippen molar-refractivity contribution >= 4 is 17.2 Å². The van der Waals surface area contributed by atoms with Crippen molar-refractivity contribution < 1.29 is 4.79 Å². The molecule has 5 heteroatoms. The molecule has 1 aromatic heterocycles. The number of amides is 1. The predicted octanol–water partition coefficient (Wildman–Crippen LogP) is 2.90. The molecule has 0 spiro atoms. The summed E-state index contributed by atoms with van der Waals surface area (Å²) in [7, 11) is 0. The minimum absolute atomic E-state index is 0.342. The highest BCUT2D eigenvalue weighted by Gasteiger charge is 2.22. The van der Waals surface area contributed by atoms with Gasteiger partial charge in [-0.1, -0.05) is 6.42 Å². The average molecular weight is 307 g/mol. The Balaban J connectivity index is 1.31. The van der Waals surface area contributed by atoms with Gasteiger partial charge in [-0.05, 0) is 38.6 Å². The predicted molar refractivity (Wildman–Crippen MR) is 85.5 cm³/mol. The molecule has 0 radical (unpaired) electrons. The minimum Gasteiger partial charge on any atom is -0.343 e. The van der Waals surface area contributed by atoms with E-state index in [0.29, 0.717) is 5.91 Å². The first-order chi connectivity index (χ1) is 10.3. The summed E-state index contributed by atoms with van der Waals surface area (Å²) in [5.41, 5.74) is 0. The summed E-state index contributed by atoms with van der Waals surface area (Å²) in [6.45, 7) is 3.75. The van der Waals surface area contributed by atoms with Gasteiger partial charge in [-0.2, -0.15) is 0 Å². The van der Waals surface area contributed by atoms with E-state index in [1.54, 1.807) is 0 Å². The Kier molecular flexibility index (Phi) is 5.25. The lowest BCUT2D eigenvalue weighted by Crippen LogP contribution is -2.36. The molecule has 1 aliphatic heterocycles. The van der Waals surface area contributed by atoms with Crippen molar-refractivity contribution in [3.63, 3.8) is 0 Å². The average Bonchev–Trinajstić information content (AvgIpc) is 2.87. The Morgan fingerprint density at radius 1 is 1.33 bits per heavy atom. The van der Waals surface area contributed by atoms with Gasteiger partial charge in [0.05, 0.1) is 5.01 Å². The van der Waals surface area contributed by atoms with Crippen molar-refractivity contribution in [2.45, 2.75) is 57.4 Å². The highest BCUT2D eigenvalue weighted by Crippen LogP contribution is 2.38. The van der Waals surface area contributed by atoms with Crippen LogP contribution in [-0.4, -0.2) is 35.4 Å². The van der Waals surface area contributed by atoms with Crippen molar-refractivity contribution in [1.29, 1.82) is 0 Å². The Hall–Kier alpha value is -0.940. The Morgan fingerprint density at radius 2 is 2.24 bits per heavy atom. The number of hydrogen-bond acceptors (Lipinski definition) is 4. The van der Waals surface area contributed by atoms with E-state index in [-0.39, 0.29) is 0 Å². The van der Waals surface area contributed by atoms with Crippen LogP contribution in [0.15, 0.2) is 6.20 Å². The zero-order valence-corrected chi connectivity index (χ0v) is 13.5. The molecule has 1 saturated carbocycles. The summed E-state index contributed by atoms with van der Waals surface area (Å²) >= 11 is 1.87. The molecule has 21 heavy (non-hydrogen) atoms. The Labute approximate surface area is 130 Å². The second-order valence-corrected chi connectivity index (χ2v) is 7.31. The van der Waals surface area contributed by atoms with E-state index in [4.69, 9.17) is 0 Å². The molecule has 2 fully saturated rings. The molecule has 3 rings (SSSR count). The van der Waals surface area contributed by atoms with Crippen LogP contribution in [0.4, 0.5) is 0 Å². The molecule has 1 aromatic rings. The van der Waals surface area contributed by atoms with Crippen molar-refractivity contribution in [2.75, 3.05) is 19.6 Å². The third-order valence-corrected chi connectivity index (χ3v) is 5.69. The number of rotatable bonds is 7. The van der Waals surface area contributed by atoms with Crippen LogP contribution in [0.3, 0.4) is 0 Å². The minimum atomic E-state index is 0.342. The van der Waals surface area contributed by atoms with Crippen molar-refractivity contribution in [3.8, 4) is 0 Å². The van der Waals surface area contributed by atoms with E-state index >= 15 is 0 Å². The first kappa shape index (κ1) is 15.0. The number of hydrogen-bond donors (Lipinski definition) is 1. The van der Waals surface area contributed by atoms with E-state index in [1.807, 2.05) is 22.4 Å². The van der Waals surface area contributed by atoms with Crippen LogP contribution in [0.1, 0.15) is 60.7 Å². The molecular formula is C16H25N3OS. The third kappa shape index (κ3) is 4.04. The van der Waals surface area contributed by atoms with Crippen molar-refractivity contribution in [3.05, 3.63) is 16.1 Å². The number of nitrogens with one attached hydrogen (secondary N) is 1. The first-order valence-electron chi connectivity index (χ1n) is 8.26. The zero-order chi connectivity index (χ0) is 14.5. The molecule has 1 N–H and O–H groups in total. The standard InChI is InChI=1S/C16H25N3OS/c20-15-7-1-2-9-19(15)10-4-8-17-11-14-12-18-16(21-14)13-5-3-6-13/h12-13,17H,1-11H2. The van der Waals surface area contributed by atoms with Gasteiger partial charge in [0.1, 0.15) is 0 Å². The van der Waals surface area contributed by atoms with E-state index < -0.39 is 0 Å². The van der Waals surface area contributed by atoms with Gasteiger partial charge in [0, 0.05) is 43.0 Å². The molecular weight excluding hydrogens is 282 g/mol. The van der Waals surface area contributed by atoms with Gasteiger partial charge >= 0.3 is 0 Å². The number of carbonyl (C=O) groups is 1. The Bertz CT molecular complexity index is 470. The van der Waals surface area contributed by atoms with Gasteiger partial charge in [-0.15, -0.1) is 11.3 Å². The van der Waals surface area contributed by atoms with E-state index in [2.05, 4.69) is 10.3 Å². The summed E-state index contributed by atoms with van der Waals surface area (Å²) in [6.07, 6.45) is 10.1. The van der Waals surface area contributed by atoms with E-state index in [1.165, 1.54) is 35.6 Å². The summed E-state index contributed by atoms with van der Waals surface area (Å²) in [5.74, 6) is 1.09. The normalized spacial score (nSPS) is 19.8. The highest BCUT2D eigenvalue weighted by molar-refractivity contribution is 7.11. The maximum absolute atomic E-state index is 11.7. The third-order valence-electron chi connectivity index (χ3n) is 4.53. The van der Waals surface area contributed by atoms with Crippen LogP contribution >= 0.6 is 11.3 Å². The van der Waals surface area contributed by atoms with Gasteiger partial charge < -0.3 is 10.2 Å². The van der Waals surface area contributed by atoms with Crippen LogP contribution in [0.5, 0.6) is 0 Å². The van der Waals surface area contributed by atoms with Gasteiger partial charge in [0.15, 0.2) is 0 Å². The topological polar surface area (TPSA) is 45.2 Å². The van der Waals surface area contributed by atoms with Crippen molar-refractivity contribution in [2.24, 2.45) is 0 Å². The summed E-state index contributed by atoms with van der Waals surface area (Å²) in [6, 6.07) is 0. The van der Waals surface area contributed by atoms with Gasteiger partial charge in [0.25, 0.3) is 0 Å². The van der Waals surface area contributed by atoms with Crippen LogP contribution in [-0.2, 0) is 11.3 Å². The molecule has 2 heterocycles. The summed E-state index contributed by atoms with van der Waals surface area (Å²) in [4.78, 5) is 19.6. The lowest BCUT2D eigenvalue weighted by molar-refractivity contribution is -0.133. The lowest BCUT2D eigenvalue weighted by atomic mass is 9.86. The molecule has 0 aromatic carbocycles. The fourth-order valence-corrected chi connectivity index (χ4v) is 4.01. The highest BCUT2D eigenvalue weighted by atomic mass is 32.1. The van der Waals surface area contributed by atoms with Crippen LogP contribution < -0.4 is 5.32 Å². The summed E-state index contributed by atoms with van der Waals surface area (Å²) in [5, 5.41) is 4.81. The largest absolute Gasteiger partial charge is 0.343 e. The van der Waals surface area contributed by atoms with Crippen molar-refractivity contribution in [1.82, 2.24) is 15.2 Å². The van der Waals surface area contributed by atoms with Crippen LogP contribution in [0.2, 0.25) is 0 Å². The van der Waals surface area contributed by atoms with Crippen LogP contribution in [0, 0.1) is 0 Å². The number of piperidine rings is 1. The fourth-order valence-electron chi connectivity index (χ4n) is 2.95. The van der Waals surface area contributed by atoms with Gasteiger partial charge in [0.2, 0.25) is 5.91 Å². The van der Waals surface area contributed by atoms with Gasteiger partial charge in [-0.3, -0.25) is 4.79 Å². The van der Waals surface area contributed by atoms with Gasteiger partial charge in [-0.25, -0.2) is 4.98 Å². The smallest absolute Gasteiger partial charge is 0.222 e. The molecule has 4 nitrogen and oxygen atoms in total. The number of carbonyl (C=O) groups excluding carboxylic acids is 1. The molecule has 1 amide bonds. The van der Waals surface area contributed by atoms with Crippen LogP contribution in [0.25, 0.3) is 0 Å². The van der Waals surface area contributed by atoms with E-state index in [9.17, 15) is 4.79 Å². The monoisotopic (exact) mass is 307 g/mol. The number of thiazole rings is 1. The molecule has 1 aliphatic carbocycles. The number of nitrogens with zero attached hydrogens (tertiary/aromatic N) is 2. The Morgan fingerprint density at radius 3 is 3.00 bits per heavy atom. The second kappa shape index (κ2) is 7.36. The molecule has 1 saturated heterocycles. The molecule has 0 atom stereocenters. The second-order valence-electron chi connectivity index (χ2n) is 6.16. The summed E-state index contributed by atoms with van der Waals surface area (Å²) < 4.78 is 0. The molecule has 0 bridgehead atoms. The SMILES string of the molecule is O=C1CCCCN1CCCNCc1cnc(C2CCC2)s1. The zero-order valence-electron chi connectivity index (χ0n) is 12.6. The molecule has 116 valence electrons. The quantitative estimate of drug-likeness (QED) is 0.788. The number of likely N-dealkylation sites (tertiary alicyclic amines) is 1. The fraction of sp³-hybridized carbons (Fsp3) is 0.750. The molecule has 0 unspecified atom stereocenters. The lowest BCUT2D eigenvalue weighted by Gasteiger charge is -2.26. The molecule has 2 aliphatic rings.